The Morgan fingerprint density at radius 2 is 2.06 bits per heavy atom. The minimum absolute atomic E-state index is 0.826. The van der Waals surface area contributed by atoms with Gasteiger partial charge in [0.25, 0.3) is 0 Å². The van der Waals surface area contributed by atoms with E-state index in [4.69, 9.17) is 0 Å². The van der Waals surface area contributed by atoms with Crippen molar-refractivity contribution in [2.24, 2.45) is 9.98 Å². The van der Waals surface area contributed by atoms with Crippen LogP contribution in [0.3, 0.4) is 0 Å². The summed E-state index contributed by atoms with van der Waals surface area (Å²) in [6.45, 7) is 0. The second kappa shape index (κ2) is 2.92. The van der Waals surface area contributed by atoms with Gasteiger partial charge in [-0.15, -0.1) is 0 Å². The largest absolute Gasteiger partial charge is 0.273 e. The van der Waals surface area contributed by atoms with Crippen LogP contribution in [0.5, 0.6) is 0 Å². The topological polar surface area (TPSA) is 37.6 Å². The lowest BCUT2D eigenvalue weighted by atomic mass is 10.1. The smallest absolute Gasteiger partial charge is 0.0899 e. The molecule has 2 aromatic rings. The lowest BCUT2D eigenvalue weighted by molar-refractivity contribution is 1.20. The van der Waals surface area contributed by atoms with Gasteiger partial charge in [-0.1, -0.05) is 11.8 Å². The standard InChI is InChI=1S/C12H7N3S/c1-2-9-12(16-6-14-9)11-7-3-4-13-5-10(7)15-8(1)11/h1-5H,6H2. The van der Waals surface area contributed by atoms with Gasteiger partial charge in [-0.25, -0.2) is 4.99 Å². The van der Waals surface area contributed by atoms with E-state index in [0.29, 0.717) is 0 Å². The van der Waals surface area contributed by atoms with Crippen molar-refractivity contribution >= 4 is 17.4 Å². The summed E-state index contributed by atoms with van der Waals surface area (Å²) in [6.07, 6.45) is 3.64. The lowest BCUT2D eigenvalue weighted by Crippen LogP contribution is -2.11. The zero-order valence-electron chi connectivity index (χ0n) is 8.34. The van der Waals surface area contributed by atoms with E-state index in [1.54, 1.807) is 11.8 Å². The molecule has 16 heavy (non-hydrogen) atoms. The van der Waals surface area contributed by atoms with Gasteiger partial charge < -0.3 is 0 Å². The molecule has 0 bridgehead atoms. The summed E-state index contributed by atoms with van der Waals surface area (Å²) in [5.41, 5.74) is 3.39. The SMILES string of the molecule is c1cc2c(cn1)N=c1ccc3c(c1-2)SCN=3. The summed E-state index contributed by atoms with van der Waals surface area (Å²) in [7, 11) is 0. The molecule has 1 aromatic carbocycles. The predicted octanol–water partition coefficient (Wildman–Crippen LogP) is 1.70. The fraction of sp³-hybridized carbons (Fsp3) is 0.0833. The van der Waals surface area contributed by atoms with Crippen molar-refractivity contribution in [1.82, 2.24) is 4.98 Å². The van der Waals surface area contributed by atoms with Crippen LogP contribution in [-0.4, -0.2) is 10.9 Å². The molecule has 0 aliphatic carbocycles. The van der Waals surface area contributed by atoms with Crippen molar-refractivity contribution in [3.05, 3.63) is 41.3 Å². The normalized spacial score (nSPS) is 14.8. The molecule has 4 heteroatoms. The minimum Gasteiger partial charge on any atom is -0.273 e. The maximum atomic E-state index is 4.58. The van der Waals surface area contributed by atoms with Gasteiger partial charge in [0.1, 0.15) is 0 Å². The number of aromatic nitrogens is 1. The number of thioether (sulfide) groups is 1. The highest BCUT2D eigenvalue weighted by Crippen LogP contribution is 2.36. The van der Waals surface area contributed by atoms with E-state index in [1.807, 2.05) is 24.5 Å². The molecule has 0 amide bonds. The highest BCUT2D eigenvalue weighted by Gasteiger charge is 2.20. The van der Waals surface area contributed by atoms with E-state index in [1.165, 1.54) is 16.0 Å². The molecule has 2 aliphatic rings. The minimum atomic E-state index is 0.826. The van der Waals surface area contributed by atoms with Gasteiger partial charge in [0.05, 0.1) is 28.5 Å². The number of pyridine rings is 1. The molecule has 3 heterocycles. The van der Waals surface area contributed by atoms with Gasteiger partial charge in [-0.3, -0.25) is 9.98 Å². The quantitative estimate of drug-likeness (QED) is 0.584. The zero-order chi connectivity index (χ0) is 10.5. The van der Waals surface area contributed by atoms with Gasteiger partial charge >= 0.3 is 0 Å². The third-order valence-electron chi connectivity index (χ3n) is 2.87. The number of nitrogens with zero attached hydrogens (tertiary/aromatic N) is 3. The van der Waals surface area contributed by atoms with E-state index < -0.39 is 0 Å². The number of rotatable bonds is 0. The average Bonchev–Trinajstić information content (AvgIpc) is 2.91. The summed E-state index contributed by atoms with van der Waals surface area (Å²) in [4.78, 5) is 14.4. The van der Waals surface area contributed by atoms with Crippen molar-refractivity contribution in [1.29, 1.82) is 0 Å². The van der Waals surface area contributed by atoms with Gasteiger partial charge in [0.2, 0.25) is 0 Å². The first-order chi connectivity index (χ1) is 7.93. The van der Waals surface area contributed by atoms with Crippen LogP contribution < -0.4 is 10.7 Å². The van der Waals surface area contributed by atoms with E-state index >= 15 is 0 Å². The van der Waals surface area contributed by atoms with Crippen LogP contribution in [0.1, 0.15) is 0 Å². The third kappa shape index (κ3) is 0.971. The Morgan fingerprint density at radius 3 is 3.06 bits per heavy atom. The molecule has 3 nitrogen and oxygen atoms in total. The summed E-state index contributed by atoms with van der Waals surface area (Å²) >= 11 is 1.79. The second-order valence-corrected chi connectivity index (χ2v) is 4.70. The Bertz CT molecular complexity index is 722. The van der Waals surface area contributed by atoms with Crippen LogP contribution >= 0.6 is 11.8 Å². The third-order valence-corrected chi connectivity index (χ3v) is 3.83. The monoisotopic (exact) mass is 225 g/mol. The van der Waals surface area contributed by atoms with Crippen LogP contribution in [0.15, 0.2) is 45.5 Å². The Labute approximate surface area is 96.0 Å². The molecule has 1 aromatic heterocycles. The molecule has 0 saturated carbocycles. The molecule has 76 valence electrons. The maximum Gasteiger partial charge on any atom is 0.0899 e. The Kier molecular flexibility index (Phi) is 1.54. The van der Waals surface area contributed by atoms with Crippen LogP contribution in [0, 0.1) is 0 Å². The maximum absolute atomic E-state index is 4.58. The zero-order valence-corrected chi connectivity index (χ0v) is 9.16. The highest BCUT2D eigenvalue weighted by molar-refractivity contribution is 7.99. The number of benzene rings is 1. The summed E-state index contributed by atoms with van der Waals surface area (Å²) in [5, 5.41) is 2.15. The Balaban J connectivity index is 2.18. The fourth-order valence-electron chi connectivity index (χ4n) is 2.17. The summed E-state index contributed by atoms with van der Waals surface area (Å²) in [5.74, 6) is 0.826. The first-order valence-corrected chi connectivity index (χ1v) is 6.05. The first kappa shape index (κ1) is 8.47. The Hall–Kier alpha value is -1.68. The fourth-order valence-corrected chi connectivity index (χ4v) is 3.14. The van der Waals surface area contributed by atoms with E-state index in [9.17, 15) is 0 Å². The van der Waals surface area contributed by atoms with Crippen molar-refractivity contribution in [2.75, 3.05) is 5.88 Å². The molecule has 0 N–H and O–H groups in total. The molecule has 0 fully saturated rings. The van der Waals surface area contributed by atoms with E-state index in [-0.39, 0.29) is 0 Å². The second-order valence-electron chi connectivity index (χ2n) is 3.74. The van der Waals surface area contributed by atoms with E-state index in [2.05, 4.69) is 21.0 Å². The van der Waals surface area contributed by atoms with Gasteiger partial charge in [0.15, 0.2) is 0 Å². The van der Waals surface area contributed by atoms with Crippen LogP contribution in [0.25, 0.3) is 11.1 Å². The van der Waals surface area contributed by atoms with Crippen molar-refractivity contribution in [3.63, 3.8) is 0 Å². The number of hydrogen-bond acceptors (Lipinski definition) is 4. The van der Waals surface area contributed by atoms with Crippen LogP contribution in [0.4, 0.5) is 5.69 Å². The lowest BCUT2D eigenvalue weighted by Gasteiger charge is -2.01. The molecule has 2 aliphatic heterocycles. The number of fused-ring (bicyclic) bond motifs is 5. The average molecular weight is 225 g/mol. The summed E-state index contributed by atoms with van der Waals surface area (Å²) < 4.78 is 0. The molecule has 0 unspecified atom stereocenters. The first-order valence-electron chi connectivity index (χ1n) is 5.07. The molecule has 0 radical (unpaired) electrons. The molecular weight excluding hydrogens is 218 g/mol. The van der Waals surface area contributed by atoms with Gasteiger partial charge in [-0.05, 0) is 18.2 Å². The molecule has 0 atom stereocenters. The Morgan fingerprint density at radius 1 is 1.12 bits per heavy atom. The number of hydrogen-bond donors (Lipinski definition) is 0. The van der Waals surface area contributed by atoms with Crippen molar-refractivity contribution in [3.8, 4) is 11.1 Å². The van der Waals surface area contributed by atoms with Gasteiger partial charge in [-0.2, -0.15) is 0 Å². The van der Waals surface area contributed by atoms with Crippen LogP contribution in [0.2, 0.25) is 0 Å². The van der Waals surface area contributed by atoms with Crippen molar-refractivity contribution < 1.29 is 0 Å². The van der Waals surface area contributed by atoms with Crippen molar-refractivity contribution in [2.45, 2.75) is 4.90 Å². The highest BCUT2D eigenvalue weighted by atomic mass is 32.2. The molecule has 0 spiro atoms. The predicted molar refractivity (Wildman–Crippen MR) is 62.4 cm³/mol. The van der Waals surface area contributed by atoms with Gasteiger partial charge in [0, 0.05) is 22.2 Å². The molecular formula is C12H7N3S. The van der Waals surface area contributed by atoms with Crippen LogP contribution in [-0.2, 0) is 0 Å². The molecule has 4 rings (SSSR count). The van der Waals surface area contributed by atoms with E-state index in [0.717, 1.165) is 22.3 Å². The summed E-state index contributed by atoms with van der Waals surface area (Å²) in [6, 6.07) is 6.13. The molecule has 0 saturated heterocycles.